The molecule has 0 aromatic heterocycles. The smallest absolute Gasteiger partial charge is 0.303 e. The first kappa shape index (κ1) is 49.1. The molecule has 0 unspecified atom stereocenters. The zero-order valence-electron chi connectivity index (χ0n) is 36.0. The molecule has 0 N–H and O–H groups in total. The maximum Gasteiger partial charge on any atom is 0.303 e. The molecule has 0 spiro atoms. The molecule has 2 aliphatic heterocycles. The first-order valence-electron chi connectivity index (χ1n) is 19.8. The lowest BCUT2D eigenvalue weighted by Gasteiger charge is -2.44. The first-order chi connectivity index (χ1) is 29.8. The monoisotopic (exact) mass is 878 g/mol. The molecule has 0 saturated carbocycles. The third-order valence-electron chi connectivity index (χ3n) is 9.26. The van der Waals surface area contributed by atoms with Crippen molar-refractivity contribution < 1.29 is 85.7 Å². The van der Waals surface area contributed by atoms with E-state index in [4.69, 9.17) is 47.4 Å². The predicted molar refractivity (Wildman–Crippen MR) is 215 cm³/mol. The number of ether oxygens (including phenoxy) is 10. The third kappa shape index (κ3) is 15.1. The Morgan fingerprint density at radius 1 is 0.460 bits per heavy atom. The lowest BCUT2D eigenvalue weighted by molar-refractivity contribution is -0.254. The highest BCUT2D eigenvalue weighted by molar-refractivity contribution is 5.70. The number of hydrogen-bond acceptors (Lipinski definition) is 18. The van der Waals surface area contributed by atoms with Crippen molar-refractivity contribution >= 4 is 53.8 Å². The molecule has 0 radical (unpaired) electrons. The van der Waals surface area contributed by atoms with E-state index in [0.717, 1.165) is 33.3 Å². The lowest BCUT2D eigenvalue weighted by atomic mass is 9.90. The summed E-state index contributed by atoms with van der Waals surface area (Å²) in [5, 5.41) is 0. The molecule has 2 aromatic carbocycles. The van der Waals surface area contributed by atoms with E-state index in [9.17, 15) is 38.4 Å². The van der Waals surface area contributed by atoms with Crippen LogP contribution in [0.1, 0.15) is 90.2 Å². The maximum absolute atomic E-state index is 12.3. The van der Waals surface area contributed by atoms with Crippen molar-refractivity contribution in [3.63, 3.8) is 0 Å². The standard InChI is InChI=1S/C45H50O18/c1-24(46)54-22-37-41(57-27(4)49)44(60-30(7)52)40(56-26(3)48)36(62-37)11-9-10-32-12-14-33(15-13-32)16-17-34-18-20-35(21-19-34)39-43(59-29(6)51)45(61-31(8)53)42(58-28(5)50)38(63-39)23-55-25(2)47/h9-10,12-15,18-21,36-45H,11,22-23H2,1-8H3/t36-,37-,38-,39-,40-,41-,42-,43-,44-,45+/m1/s1. The number of esters is 8. The van der Waals surface area contributed by atoms with Crippen molar-refractivity contribution in [1.29, 1.82) is 0 Å². The largest absolute Gasteiger partial charge is 0.463 e. The van der Waals surface area contributed by atoms with Gasteiger partial charge in [0.2, 0.25) is 0 Å². The third-order valence-corrected chi connectivity index (χ3v) is 9.26. The minimum absolute atomic E-state index is 0.147. The van der Waals surface area contributed by atoms with Gasteiger partial charge < -0.3 is 47.4 Å². The van der Waals surface area contributed by atoms with Gasteiger partial charge in [-0.1, -0.05) is 48.3 Å². The van der Waals surface area contributed by atoms with Crippen molar-refractivity contribution in [1.82, 2.24) is 0 Å². The van der Waals surface area contributed by atoms with Crippen LogP contribution in [0.25, 0.3) is 6.08 Å². The number of carbonyl (C=O) groups excluding carboxylic acids is 8. The summed E-state index contributed by atoms with van der Waals surface area (Å²) in [6.07, 6.45) is -7.90. The highest BCUT2D eigenvalue weighted by Gasteiger charge is 2.53. The zero-order valence-corrected chi connectivity index (χ0v) is 36.0. The summed E-state index contributed by atoms with van der Waals surface area (Å²) >= 11 is 0. The number of carbonyl (C=O) groups is 8. The SMILES string of the molecule is CC(=O)OC[C@H]1O[C@H](CC=Cc2ccc(C#Cc3ccc([C@H]4O[C@H](COC(C)=O)[C@@H](OC(C)=O)[C@H](OC(C)=O)[C@@H]4OC(C)=O)cc3)cc2)[C@@H](OC(C)=O)[C@@H](OC(C)=O)[C@@H]1OC(C)=O. The molecule has 2 aliphatic rings. The summed E-state index contributed by atoms with van der Waals surface area (Å²) < 4.78 is 55.7. The second kappa shape index (κ2) is 23.0. The predicted octanol–water partition coefficient (Wildman–Crippen LogP) is 3.41. The Morgan fingerprint density at radius 3 is 1.25 bits per heavy atom. The minimum atomic E-state index is -1.31. The van der Waals surface area contributed by atoms with Crippen LogP contribution >= 0.6 is 0 Å². The van der Waals surface area contributed by atoms with Gasteiger partial charge in [0.1, 0.15) is 37.6 Å². The Morgan fingerprint density at radius 2 is 0.825 bits per heavy atom. The summed E-state index contributed by atoms with van der Waals surface area (Å²) in [5.41, 5.74) is 2.56. The summed E-state index contributed by atoms with van der Waals surface area (Å²) in [7, 11) is 0. The van der Waals surface area contributed by atoms with Crippen LogP contribution in [0.3, 0.4) is 0 Å². The minimum Gasteiger partial charge on any atom is -0.463 e. The second-order valence-corrected chi connectivity index (χ2v) is 14.5. The van der Waals surface area contributed by atoms with E-state index >= 15 is 0 Å². The molecular weight excluding hydrogens is 828 g/mol. The Balaban J connectivity index is 1.52. The number of rotatable bonds is 14. The normalized spacial score (nSPS) is 25.2. The van der Waals surface area contributed by atoms with E-state index in [0.29, 0.717) is 16.7 Å². The first-order valence-corrected chi connectivity index (χ1v) is 19.8. The molecule has 18 nitrogen and oxygen atoms in total. The molecule has 2 saturated heterocycles. The van der Waals surface area contributed by atoms with Crippen LogP contribution in [0.5, 0.6) is 0 Å². The van der Waals surface area contributed by atoms with Gasteiger partial charge in [0, 0.05) is 66.5 Å². The van der Waals surface area contributed by atoms with Gasteiger partial charge >= 0.3 is 47.8 Å². The summed E-state index contributed by atoms with van der Waals surface area (Å²) in [6.45, 7) is 8.66. The van der Waals surface area contributed by atoms with Crippen molar-refractivity contribution in [3.05, 3.63) is 76.9 Å². The van der Waals surface area contributed by atoms with Gasteiger partial charge in [-0.15, -0.1) is 0 Å². The maximum atomic E-state index is 12.3. The fraction of sp³-hybridized carbons (Fsp3) is 0.467. The zero-order chi connectivity index (χ0) is 46.4. The van der Waals surface area contributed by atoms with Crippen LogP contribution in [0.4, 0.5) is 0 Å². The molecule has 10 atom stereocenters. The van der Waals surface area contributed by atoms with Crippen LogP contribution in [0.2, 0.25) is 0 Å². The summed E-state index contributed by atoms with van der Waals surface area (Å²) in [4.78, 5) is 96.1. The van der Waals surface area contributed by atoms with Crippen molar-refractivity contribution in [2.24, 2.45) is 0 Å². The molecule has 0 amide bonds. The van der Waals surface area contributed by atoms with Crippen LogP contribution in [-0.4, -0.2) is 116 Å². The Bertz CT molecular complexity index is 2080. The van der Waals surface area contributed by atoms with E-state index < -0.39 is 109 Å². The molecule has 18 heteroatoms. The fourth-order valence-electron chi connectivity index (χ4n) is 6.92. The van der Waals surface area contributed by atoms with E-state index in [1.807, 2.05) is 12.1 Å². The van der Waals surface area contributed by atoms with Gasteiger partial charge in [-0.3, -0.25) is 38.4 Å². The van der Waals surface area contributed by atoms with E-state index in [1.165, 1.54) is 27.7 Å². The van der Waals surface area contributed by atoms with Crippen LogP contribution in [0, 0.1) is 11.8 Å². The highest BCUT2D eigenvalue weighted by Crippen LogP contribution is 2.38. The molecule has 2 aromatic rings. The van der Waals surface area contributed by atoms with Gasteiger partial charge in [-0.25, -0.2) is 0 Å². The highest BCUT2D eigenvalue weighted by atomic mass is 16.7. The lowest BCUT2D eigenvalue weighted by Crippen LogP contribution is -2.62. The van der Waals surface area contributed by atoms with E-state index in [1.54, 1.807) is 48.6 Å². The molecule has 0 aliphatic carbocycles. The number of hydrogen-bond donors (Lipinski definition) is 0. The Labute approximate surface area is 363 Å². The van der Waals surface area contributed by atoms with E-state index in [2.05, 4.69) is 11.8 Å². The summed E-state index contributed by atoms with van der Waals surface area (Å²) in [6, 6.07) is 14.0. The second-order valence-electron chi connectivity index (χ2n) is 14.5. The molecule has 63 heavy (non-hydrogen) atoms. The van der Waals surface area contributed by atoms with Gasteiger partial charge in [0.15, 0.2) is 36.6 Å². The average molecular weight is 879 g/mol. The Kier molecular flexibility index (Phi) is 17.9. The Hall–Kier alpha value is -6.58. The van der Waals surface area contributed by atoms with Gasteiger partial charge in [-0.05, 0) is 41.8 Å². The summed E-state index contributed by atoms with van der Waals surface area (Å²) in [5.74, 6) is 0.629. The number of benzene rings is 2. The van der Waals surface area contributed by atoms with Crippen molar-refractivity contribution in [2.75, 3.05) is 13.2 Å². The molecule has 0 bridgehead atoms. The van der Waals surface area contributed by atoms with Gasteiger partial charge in [0.25, 0.3) is 0 Å². The average Bonchev–Trinajstić information content (AvgIpc) is 3.19. The van der Waals surface area contributed by atoms with E-state index in [-0.39, 0.29) is 19.6 Å². The topological polar surface area (TPSA) is 229 Å². The molecule has 2 heterocycles. The van der Waals surface area contributed by atoms with Crippen LogP contribution in [0.15, 0.2) is 54.6 Å². The quantitative estimate of drug-likeness (QED) is 0.150. The molecule has 2 fully saturated rings. The van der Waals surface area contributed by atoms with Crippen molar-refractivity contribution in [2.45, 2.75) is 123 Å². The van der Waals surface area contributed by atoms with Crippen LogP contribution in [-0.2, 0) is 85.7 Å². The molecule has 4 rings (SSSR count). The molecular formula is C45H50O18. The molecule has 338 valence electrons. The van der Waals surface area contributed by atoms with Crippen LogP contribution < -0.4 is 0 Å². The fourth-order valence-corrected chi connectivity index (χ4v) is 6.92. The van der Waals surface area contributed by atoms with Gasteiger partial charge in [-0.2, -0.15) is 0 Å². The van der Waals surface area contributed by atoms with Crippen molar-refractivity contribution in [3.8, 4) is 11.8 Å². The van der Waals surface area contributed by atoms with Gasteiger partial charge in [0.05, 0.1) is 0 Å².